The lowest BCUT2D eigenvalue weighted by molar-refractivity contribution is 0.0245. The molecule has 3 atom stereocenters. The summed E-state index contributed by atoms with van der Waals surface area (Å²) in [5.41, 5.74) is 0. The van der Waals surface area contributed by atoms with Gasteiger partial charge >= 0.3 is 0 Å². The van der Waals surface area contributed by atoms with Crippen LogP contribution in [-0.4, -0.2) is 60.3 Å². The fourth-order valence-corrected chi connectivity index (χ4v) is 3.16. The second kappa shape index (κ2) is 6.17. The molecule has 2 saturated heterocycles. The molecule has 0 aromatic heterocycles. The Balaban J connectivity index is 1.71. The first-order valence-electron chi connectivity index (χ1n) is 7.27. The summed E-state index contributed by atoms with van der Waals surface area (Å²) in [7, 11) is 2.26. The SMILES string of the molecule is CC1CCN(CCC2CCCCN2C)CC1O. The van der Waals surface area contributed by atoms with E-state index in [0.717, 1.165) is 19.0 Å². The zero-order valence-electron chi connectivity index (χ0n) is 11.4. The molecule has 2 aliphatic rings. The van der Waals surface area contributed by atoms with Gasteiger partial charge in [0.15, 0.2) is 0 Å². The molecule has 17 heavy (non-hydrogen) atoms. The van der Waals surface area contributed by atoms with E-state index in [-0.39, 0.29) is 6.10 Å². The number of nitrogens with zero attached hydrogens (tertiary/aromatic N) is 2. The molecule has 2 aliphatic heterocycles. The van der Waals surface area contributed by atoms with Crippen LogP contribution in [-0.2, 0) is 0 Å². The first-order chi connectivity index (χ1) is 8.16. The van der Waals surface area contributed by atoms with E-state index in [1.165, 1.54) is 45.3 Å². The van der Waals surface area contributed by atoms with Gasteiger partial charge in [0.05, 0.1) is 6.10 Å². The molecule has 0 aliphatic carbocycles. The number of aliphatic hydroxyl groups is 1. The minimum absolute atomic E-state index is 0.104. The number of hydrogen-bond donors (Lipinski definition) is 1. The predicted octanol–water partition coefficient (Wildman–Crippen LogP) is 1.56. The molecule has 2 rings (SSSR count). The minimum atomic E-state index is -0.104. The lowest BCUT2D eigenvalue weighted by Crippen LogP contribution is -2.45. The quantitative estimate of drug-likeness (QED) is 0.811. The number of rotatable bonds is 3. The largest absolute Gasteiger partial charge is 0.392 e. The molecule has 1 N–H and O–H groups in total. The van der Waals surface area contributed by atoms with Gasteiger partial charge in [-0.05, 0) is 58.3 Å². The Morgan fingerprint density at radius 2 is 2.00 bits per heavy atom. The van der Waals surface area contributed by atoms with Gasteiger partial charge in [0.25, 0.3) is 0 Å². The van der Waals surface area contributed by atoms with Crippen LogP contribution in [0.3, 0.4) is 0 Å². The first kappa shape index (κ1) is 13.3. The van der Waals surface area contributed by atoms with Crippen LogP contribution in [0.4, 0.5) is 0 Å². The molecule has 3 nitrogen and oxygen atoms in total. The van der Waals surface area contributed by atoms with E-state index in [1.807, 2.05) is 0 Å². The van der Waals surface area contributed by atoms with Crippen LogP contribution < -0.4 is 0 Å². The van der Waals surface area contributed by atoms with Gasteiger partial charge in [0.1, 0.15) is 0 Å². The third-order valence-electron chi connectivity index (χ3n) is 4.70. The van der Waals surface area contributed by atoms with Crippen molar-refractivity contribution in [3.8, 4) is 0 Å². The van der Waals surface area contributed by atoms with E-state index in [1.54, 1.807) is 0 Å². The number of likely N-dealkylation sites (tertiary alicyclic amines) is 2. The van der Waals surface area contributed by atoms with Gasteiger partial charge in [-0.15, -0.1) is 0 Å². The van der Waals surface area contributed by atoms with Crippen LogP contribution in [0.2, 0.25) is 0 Å². The third kappa shape index (κ3) is 3.67. The summed E-state index contributed by atoms with van der Waals surface area (Å²) in [6.45, 7) is 6.66. The third-order valence-corrected chi connectivity index (χ3v) is 4.70. The second-order valence-electron chi connectivity index (χ2n) is 6.05. The Morgan fingerprint density at radius 1 is 1.18 bits per heavy atom. The average molecular weight is 240 g/mol. The van der Waals surface area contributed by atoms with Gasteiger partial charge < -0.3 is 14.9 Å². The Labute approximate surface area is 106 Å². The molecule has 0 aromatic carbocycles. The van der Waals surface area contributed by atoms with Crippen molar-refractivity contribution in [1.82, 2.24) is 9.80 Å². The van der Waals surface area contributed by atoms with Crippen LogP contribution in [0.1, 0.15) is 39.0 Å². The second-order valence-corrected chi connectivity index (χ2v) is 6.05. The van der Waals surface area contributed by atoms with E-state index >= 15 is 0 Å². The molecule has 0 bridgehead atoms. The van der Waals surface area contributed by atoms with Gasteiger partial charge in [0, 0.05) is 12.6 Å². The molecule has 100 valence electrons. The summed E-state index contributed by atoms with van der Waals surface area (Å²) in [5.74, 6) is 0.489. The summed E-state index contributed by atoms with van der Waals surface area (Å²) in [4.78, 5) is 4.97. The Morgan fingerprint density at radius 3 is 2.71 bits per heavy atom. The molecule has 0 aromatic rings. The maximum atomic E-state index is 9.88. The van der Waals surface area contributed by atoms with Crippen molar-refractivity contribution in [2.75, 3.05) is 33.2 Å². The Hall–Kier alpha value is -0.120. The van der Waals surface area contributed by atoms with Crippen molar-refractivity contribution in [3.63, 3.8) is 0 Å². The number of hydrogen-bond acceptors (Lipinski definition) is 3. The number of β-amino-alcohol motifs (C(OH)–C–C–N with tert-alkyl or cyclic N) is 1. The van der Waals surface area contributed by atoms with Crippen molar-refractivity contribution < 1.29 is 5.11 Å². The van der Waals surface area contributed by atoms with Gasteiger partial charge in [-0.2, -0.15) is 0 Å². The lowest BCUT2D eigenvalue weighted by atomic mass is 9.95. The van der Waals surface area contributed by atoms with E-state index in [0.29, 0.717) is 5.92 Å². The standard InChI is InChI=1S/C14H28N2O/c1-12-6-9-16(11-14(12)17)10-7-13-5-3-4-8-15(13)2/h12-14,17H,3-11H2,1-2H3. The topological polar surface area (TPSA) is 26.7 Å². The summed E-state index contributed by atoms with van der Waals surface area (Å²) >= 11 is 0. The van der Waals surface area contributed by atoms with Crippen molar-refractivity contribution in [3.05, 3.63) is 0 Å². The fourth-order valence-electron chi connectivity index (χ4n) is 3.16. The van der Waals surface area contributed by atoms with Crippen molar-refractivity contribution in [2.45, 2.75) is 51.2 Å². The monoisotopic (exact) mass is 240 g/mol. The van der Waals surface area contributed by atoms with Crippen LogP contribution in [0.15, 0.2) is 0 Å². The Bertz CT molecular complexity index is 234. The van der Waals surface area contributed by atoms with E-state index in [2.05, 4.69) is 23.8 Å². The summed E-state index contributed by atoms with van der Waals surface area (Å²) in [6, 6.07) is 0.778. The molecule has 3 heteroatoms. The smallest absolute Gasteiger partial charge is 0.0693 e. The van der Waals surface area contributed by atoms with E-state index < -0.39 is 0 Å². The van der Waals surface area contributed by atoms with Gasteiger partial charge in [-0.25, -0.2) is 0 Å². The van der Waals surface area contributed by atoms with Gasteiger partial charge in [-0.3, -0.25) is 0 Å². The highest BCUT2D eigenvalue weighted by Crippen LogP contribution is 2.21. The van der Waals surface area contributed by atoms with E-state index in [4.69, 9.17) is 0 Å². The first-order valence-corrected chi connectivity index (χ1v) is 7.27. The summed E-state index contributed by atoms with van der Waals surface area (Å²) in [5, 5.41) is 9.88. The highest BCUT2D eigenvalue weighted by atomic mass is 16.3. The highest BCUT2D eigenvalue weighted by Gasteiger charge is 2.25. The molecule has 0 saturated carbocycles. The van der Waals surface area contributed by atoms with Gasteiger partial charge in [0.2, 0.25) is 0 Å². The van der Waals surface area contributed by atoms with Crippen LogP contribution in [0, 0.1) is 5.92 Å². The normalized spacial score (nSPS) is 37.2. The molecule has 0 radical (unpaired) electrons. The molecule has 0 amide bonds. The maximum absolute atomic E-state index is 9.88. The lowest BCUT2D eigenvalue weighted by Gasteiger charge is -2.37. The maximum Gasteiger partial charge on any atom is 0.0693 e. The minimum Gasteiger partial charge on any atom is -0.392 e. The van der Waals surface area contributed by atoms with Crippen molar-refractivity contribution >= 4 is 0 Å². The van der Waals surface area contributed by atoms with Crippen molar-refractivity contribution in [2.24, 2.45) is 5.92 Å². The zero-order chi connectivity index (χ0) is 12.3. The van der Waals surface area contributed by atoms with E-state index in [9.17, 15) is 5.11 Å². The molecule has 2 heterocycles. The molecular weight excluding hydrogens is 212 g/mol. The predicted molar refractivity (Wildman–Crippen MR) is 71.1 cm³/mol. The molecule has 3 unspecified atom stereocenters. The molecule has 0 spiro atoms. The fraction of sp³-hybridized carbons (Fsp3) is 1.00. The van der Waals surface area contributed by atoms with Crippen LogP contribution in [0.5, 0.6) is 0 Å². The molecule has 2 fully saturated rings. The average Bonchev–Trinajstić information content (AvgIpc) is 2.32. The number of aliphatic hydroxyl groups excluding tert-OH is 1. The highest BCUT2D eigenvalue weighted by molar-refractivity contribution is 4.80. The van der Waals surface area contributed by atoms with Crippen LogP contribution >= 0.6 is 0 Å². The number of piperidine rings is 2. The van der Waals surface area contributed by atoms with Crippen LogP contribution in [0.25, 0.3) is 0 Å². The summed E-state index contributed by atoms with van der Waals surface area (Å²) < 4.78 is 0. The van der Waals surface area contributed by atoms with Gasteiger partial charge in [-0.1, -0.05) is 13.3 Å². The van der Waals surface area contributed by atoms with Crippen molar-refractivity contribution in [1.29, 1.82) is 0 Å². The Kier molecular flexibility index (Phi) is 4.83. The zero-order valence-corrected chi connectivity index (χ0v) is 11.4. The molecular formula is C14H28N2O. The summed E-state index contributed by atoms with van der Waals surface area (Å²) in [6.07, 6.45) is 6.46.